The van der Waals surface area contributed by atoms with Gasteiger partial charge in [-0.1, -0.05) is 25.8 Å². The summed E-state index contributed by atoms with van der Waals surface area (Å²) in [6, 6.07) is 0. The zero-order chi connectivity index (χ0) is 13.8. The molecule has 0 heterocycles. The Kier molecular flexibility index (Phi) is 10.7. The first-order valence-electron chi connectivity index (χ1n) is 6.89. The summed E-state index contributed by atoms with van der Waals surface area (Å²) in [6.07, 6.45) is 6.37. The second-order valence-corrected chi connectivity index (χ2v) is 4.62. The van der Waals surface area contributed by atoms with E-state index in [1.807, 2.05) is 0 Å². The Balaban J connectivity index is 4.12. The number of nitrogens with two attached hydrogens (primary N) is 1. The van der Waals surface area contributed by atoms with Crippen LogP contribution in [-0.4, -0.2) is 42.2 Å². The maximum atomic E-state index is 12.0. The van der Waals surface area contributed by atoms with Gasteiger partial charge >= 0.3 is 0 Å². The van der Waals surface area contributed by atoms with Crippen LogP contribution in [0.5, 0.6) is 0 Å². The standard InChI is InChI=1S/C14H28N2O2/c1-3-5-13(8-9-15)6-7-14(18)16(10-4-2)11-12-17/h4,13,17H,2-3,5-12,15H2,1H3. The Morgan fingerprint density at radius 3 is 2.67 bits per heavy atom. The Bertz CT molecular complexity index is 226. The van der Waals surface area contributed by atoms with Gasteiger partial charge in [-0.15, -0.1) is 6.58 Å². The molecule has 0 rings (SSSR count). The lowest BCUT2D eigenvalue weighted by molar-refractivity contribution is -0.131. The fraction of sp³-hybridized carbons (Fsp3) is 0.786. The van der Waals surface area contributed by atoms with Crippen LogP contribution < -0.4 is 5.73 Å². The van der Waals surface area contributed by atoms with Gasteiger partial charge in [-0.3, -0.25) is 4.79 Å². The summed E-state index contributed by atoms with van der Waals surface area (Å²) in [7, 11) is 0. The highest BCUT2D eigenvalue weighted by Gasteiger charge is 2.14. The molecule has 0 aromatic heterocycles. The predicted molar refractivity (Wildman–Crippen MR) is 75.2 cm³/mol. The van der Waals surface area contributed by atoms with Crippen molar-refractivity contribution in [1.29, 1.82) is 0 Å². The first-order valence-corrected chi connectivity index (χ1v) is 6.89. The molecule has 18 heavy (non-hydrogen) atoms. The number of amides is 1. The molecular weight excluding hydrogens is 228 g/mol. The number of hydrogen-bond donors (Lipinski definition) is 2. The third-order valence-corrected chi connectivity index (χ3v) is 3.11. The van der Waals surface area contributed by atoms with Gasteiger partial charge in [0.2, 0.25) is 5.91 Å². The van der Waals surface area contributed by atoms with Crippen molar-refractivity contribution in [2.24, 2.45) is 11.7 Å². The number of aliphatic hydroxyl groups is 1. The second-order valence-electron chi connectivity index (χ2n) is 4.62. The van der Waals surface area contributed by atoms with Crippen molar-refractivity contribution in [3.8, 4) is 0 Å². The van der Waals surface area contributed by atoms with Crippen molar-refractivity contribution in [3.05, 3.63) is 12.7 Å². The lowest BCUT2D eigenvalue weighted by Gasteiger charge is -2.21. The van der Waals surface area contributed by atoms with Gasteiger partial charge in [0.05, 0.1) is 6.61 Å². The van der Waals surface area contributed by atoms with E-state index >= 15 is 0 Å². The lowest BCUT2D eigenvalue weighted by atomic mass is 9.94. The van der Waals surface area contributed by atoms with E-state index < -0.39 is 0 Å². The van der Waals surface area contributed by atoms with Crippen LogP contribution in [0.2, 0.25) is 0 Å². The van der Waals surface area contributed by atoms with E-state index in [1.165, 1.54) is 0 Å². The topological polar surface area (TPSA) is 66.6 Å². The maximum absolute atomic E-state index is 12.0. The molecule has 4 nitrogen and oxygen atoms in total. The molecule has 0 aliphatic rings. The van der Waals surface area contributed by atoms with Crippen LogP contribution in [0.3, 0.4) is 0 Å². The summed E-state index contributed by atoms with van der Waals surface area (Å²) < 4.78 is 0. The van der Waals surface area contributed by atoms with E-state index in [2.05, 4.69) is 13.5 Å². The van der Waals surface area contributed by atoms with E-state index in [4.69, 9.17) is 10.8 Å². The number of carbonyl (C=O) groups is 1. The molecule has 0 aromatic rings. The zero-order valence-electron chi connectivity index (χ0n) is 11.6. The van der Waals surface area contributed by atoms with Gasteiger partial charge < -0.3 is 15.7 Å². The molecule has 0 saturated heterocycles. The van der Waals surface area contributed by atoms with Gasteiger partial charge in [0.25, 0.3) is 0 Å². The molecule has 1 unspecified atom stereocenters. The number of nitrogens with zero attached hydrogens (tertiary/aromatic N) is 1. The molecule has 0 aromatic carbocycles. The van der Waals surface area contributed by atoms with E-state index in [0.29, 0.717) is 32.0 Å². The summed E-state index contributed by atoms with van der Waals surface area (Å²) in [5.41, 5.74) is 5.58. The molecule has 0 fully saturated rings. The molecule has 0 aliphatic carbocycles. The van der Waals surface area contributed by atoms with Gasteiger partial charge in [0, 0.05) is 19.5 Å². The second kappa shape index (κ2) is 11.2. The van der Waals surface area contributed by atoms with Gasteiger partial charge in [-0.25, -0.2) is 0 Å². The van der Waals surface area contributed by atoms with Crippen LogP contribution in [-0.2, 0) is 4.79 Å². The van der Waals surface area contributed by atoms with Crippen LogP contribution in [0.1, 0.15) is 39.0 Å². The highest BCUT2D eigenvalue weighted by Crippen LogP contribution is 2.17. The van der Waals surface area contributed by atoms with E-state index in [-0.39, 0.29) is 12.5 Å². The first kappa shape index (κ1) is 17.1. The minimum absolute atomic E-state index is 0.000762. The normalized spacial score (nSPS) is 12.2. The lowest BCUT2D eigenvalue weighted by Crippen LogP contribution is -2.33. The van der Waals surface area contributed by atoms with Crippen molar-refractivity contribution in [2.45, 2.75) is 39.0 Å². The SMILES string of the molecule is C=CCN(CCO)C(=O)CCC(CCC)CCN. The number of carbonyl (C=O) groups excluding carboxylic acids is 1. The Hall–Kier alpha value is -0.870. The summed E-state index contributed by atoms with van der Waals surface area (Å²) in [5.74, 6) is 0.644. The fourth-order valence-corrected chi connectivity index (χ4v) is 2.16. The molecule has 4 heteroatoms. The Morgan fingerprint density at radius 1 is 1.44 bits per heavy atom. The van der Waals surface area contributed by atoms with Crippen molar-refractivity contribution in [3.63, 3.8) is 0 Å². The average Bonchev–Trinajstić information content (AvgIpc) is 2.36. The number of rotatable bonds is 11. The molecular formula is C14H28N2O2. The molecule has 1 amide bonds. The third kappa shape index (κ3) is 7.45. The van der Waals surface area contributed by atoms with Gasteiger partial charge in [0.1, 0.15) is 0 Å². The van der Waals surface area contributed by atoms with Gasteiger partial charge in [-0.2, -0.15) is 0 Å². The molecule has 0 radical (unpaired) electrons. The molecule has 0 saturated carbocycles. The van der Waals surface area contributed by atoms with Crippen LogP contribution in [0, 0.1) is 5.92 Å². The highest BCUT2D eigenvalue weighted by molar-refractivity contribution is 5.76. The summed E-state index contributed by atoms with van der Waals surface area (Å²) in [5, 5.41) is 8.91. The van der Waals surface area contributed by atoms with E-state index in [0.717, 1.165) is 25.7 Å². The first-order chi connectivity index (χ1) is 8.69. The van der Waals surface area contributed by atoms with Crippen LogP contribution in [0.15, 0.2) is 12.7 Å². The average molecular weight is 256 g/mol. The number of hydrogen-bond acceptors (Lipinski definition) is 3. The quantitative estimate of drug-likeness (QED) is 0.551. The fourth-order valence-electron chi connectivity index (χ4n) is 2.16. The van der Waals surface area contributed by atoms with Crippen molar-refractivity contribution >= 4 is 5.91 Å². The summed E-state index contributed by atoms with van der Waals surface area (Å²) >= 11 is 0. The molecule has 0 spiro atoms. The Labute approximate surface area is 111 Å². The van der Waals surface area contributed by atoms with Gasteiger partial charge in [0.15, 0.2) is 0 Å². The summed E-state index contributed by atoms with van der Waals surface area (Å²) in [6.45, 7) is 7.37. The minimum Gasteiger partial charge on any atom is -0.395 e. The minimum atomic E-state index is 0.000762. The zero-order valence-corrected chi connectivity index (χ0v) is 11.6. The Morgan fingerprint density at radius 2 is 2.17 bits per heavy atom. The summed E-state index contributed by atoms with van der Waals surface area (Å²) in [4.78, 5) is 13.6. The molecule has 0 aliphatic heterocycles. The van der Waals surface area contributed by atoms with E-state index in [9.17, 15) is 4.79 Å². The third-order valence-electron chi connectivity index (χ3n) is 3.11. The molecule has 0 bridgehead atoms. The van der Waals surface area contributed by atoms with Crippen molar-refractivity contribution in [1.82, 2.24) is 4.90 Å². The van der Waals surface area contributed by atoms with Crippen LogP contribution in [0.25, 0.3) is 0 Å². The smallest absolute Gasteiger partial charge is 0.222 e. The molecule has 3 N–H and O–H groups in total. The van der Waals surface area contributed by atoms with Gasteiger partial charge in [-0.05, 0) is 25.3 Å². The van der Waals surface area contributed by atoms with E-state index in [1.54, 1.807) is 11.0 Å². The number of aliphatic hydroxyl groups excluding tert-OH is 1. The molecule has 1 atom stereocenters. The van der Waals surface area contributed by atoms with Crippen LogP contribution in [0.4, 0.5) is 0 Å². The monoisotopic (exact) mass is 256 g/mol. The largest absolute Gasteiger partial charge is 0.395 e. The van der Waals surface area contributed by atoms with Crippen molar-refractivity contribution in [2.75, 3.05) is 26.2 Å². The highest BCUT2D eigenvalue weighted by atomic mass is 16.3. The van der Waals surface area contributed by atoms with Crippen LogP contribution >= 0.6 is 0 Å². The predicted octanol–water partition coefficient (Wildman–Crippen LogP) is 1.54. The molecule has 106 valence electrons. The maximum Gasteiger partial charge on any atom is 0.222 e. The van der Waals surface area contributed by atoms with Crippen molar-refractivity contribution < 1.29 is 9.90 Å².